The van der Waals surface area contributed by atoms with Crippen LogP contribution in [0.25, 0.3) is 0 Å². The minimum absolute atomic E-state index is 0.0511. The van der Waals surface area contributed by atoms with E-state index in [9.17, 15) is 24.3 Å². The van der Waals surface area contributed by atoms with Crippen LogP contribution in [0.2, 0.25) is 0 Å². The largest absolute Gasteiger partial charge is 0.384 e. The first-order valence-corrected chi connectivity index (χ1v) is 14.2. The van der Waals surface area contributed by atoms with Gasteiger partial charge >= 0.3 is 0 Å². The van der Waals surface area contributed by atoms with Crippen molar-refractivity contribution in [2.75, 3.05) is 0 Å². The molecule has 1 N–H and O–H groups in total. The van der Waals surface area contributed by atoms with Gasteiger partial charge in [0.2, 0.25) is 0 Å². The predicted molar refractivity (Wildman–Crippen MR) is 168 cm³/mol. The molecule has 46 heavy (non-hydrogen) atoms. The van der Waals surface area contributed by atoms with Crippen LogP contribution in [0.3, 0.4) is 0 Å². The van der Waals surface area contributed by atoms with E-state index in [4.69, 9.17) is 0 Å². The van der Waals surface area contributed by atoms with Crippen LogP contribution in [0.4, 0.5) is 0 Å². The number of carbonyl (C=O) groups excluding carboxylic acids is 4. The van der Waals surface area contributed by atoms with Gasteiger partial charge in [-0.15, -0.1) is 0 Å². The Morgan fingerprint density at radius 1 is 0.370 bits per heavy atom. The van der Waals surface area contributed by atoms with E-state index >= 15 is 0 Å². The van der Waals surface area contributed by atoms with E-state index in [0.717, 1.165) is 0 Å². The molecule has 0 aliphatic heterocycles. The van der Waals surface area contributed by atoms with Gasteiger partial charge in [0, 0.05) is 94.1 Å². The van der Waals surface area contributed by atoms with Crippen molar-refractivity contribution in [3.8, 4) is 0 Å². The summed E-state index contributed by atoms with van der Waals surface area (Å²) in [4.78, 5) is 70.7. The van der Waals surface area contributed by atoms with Crippen molar-refractivity contribution in [3.63, 3.8) is 0 Å². The SMILES string of the molecule is O=C(c1ccncc1)c1cc(C(=O)c2ccncc2)cc(C(=O)c2cc(C(=O)c3ccncc3)cc(C(O)c3ccncc3)c2)c1. The molecule has 6 aromatic rings. The fraction of sp³-hybridized carbons (Fsp3) is 0.0270. The Bertz CT molecular complexity index is 2000. The summed E-state index contributed by atoms with van der Waals surface area (Å²) in [5, 5.41) is 11.3. The Hall–Kier alpha value is -6.32. The molecule has 0 aliphatic rings. The Morgan fingerprint density at radius 3 is 0.957 bits per heavy atom. The highest BCUT2D eigenvalue weighted by atomic mass is 16.3. The van der Waals surface area contributed by atoms with Crippen LogP contribution in [-0.2, 0) is 0 Å². The lowest BCUT2D eigenvalue weighted by atomic mass is 9.89. The lowest BCUT2D eigenvalue weighted by Crippen LogP contribution is -2.13. The fourth-order valence-electron chi connectivity index (χ4n) is 5.01. The Labute approximate surface area is 263 Å². The number of aliphatic hydroxyl groups excluding tert-OH is 1. The lowest BCUT2D eigenvalue weighted by Gasteiger charge is -2.15. The Kier molecular flexibility index (Phi) is 8.49. The van der Waals surface area contributed by atoms with Crippen LogP contribution in [0, 0.1) is 0 Å². The summed E-state index contributed by atoms with van der Waals surface area (Å²) in [6, 6.07) is 21.3. The van der Waals surface area contributed by atoms with Gasteiger partial charge < -0.3 is 5.11 Å². The average Bonchev–Trinajstić information content (AvgIpc) is 3.14. The molecule has 4 heterocycles. The third kappa shape index (κ3) is 6.30. The molecule has 9 nitrogen and oxygen atoms in total. The highest BCUT2D eigenvalue weighted by molar-refractivity contribution is 6.18. The van der Waals surface area contributed by atoms with Crippen LogP contribution in [-0.4, -0.2) is 48.2 Å². The van der Waals surface area contributed by atoms with Crippen LogP contribution < -0.4 is 0 Å². The summed E-state index contributed by atoms with van der Waals surface area (Å²) >= 11 is 0. The summed E-state index contributed by atoms with van der Waals surface area (Å²) in [5.41, 5.74) is 2.35. The van der Waals surface area contributed by atoms with Gasteiger partial charge in [-0.25, -0.2) is 0 Å². The predicted octanol–water partition coefficient (Wildman–Crippen LogP) is 5.27. The van der Waals surface area contributed by atoms with Crippen molar-refractivity contribution in [3.05, 3.63) is 190 Å². The van der Waals surface area contributed by atoms with Crippen molar-refractivity contribution in [1.82, 2.24) is 19.9 Å². The van der Waals surface area contributed by atoms with Gasteiger partial charge in [0.1, 0.15) is 6.10 Å². The van der Waals surface area contributed by atoms with Crippen LogP contribution >= 0.6 is 0 Å². The molecule has 0 spiro atoms. The minimum atomic E-state index is -1.18. The highest BCUT2D eigenvalue weighted by Gasteiger charge is 2.23. The second-order valence-corrected chi connectivity index (χ2v) is 10.3. The van der Waals surface area contributed by atoms with Crippen molar-refractivity contribution >= 4 is 23.1 Å². The van der Waals surface area contributed by atoms with Gasteiger partial charge in [-0.3, -0.25) is 39.1 Å². The molecule has 1 unspecified atom stereocenters. The smallest absolute Gasteiger partial charge is 0.193 e. The number of ketones is 4. The number of rotatable bonds is 10. The highest BCUT2D eigenvalue weighted by Crippen LogP contribution is 2.27. The molecular formula is C37H24N4O5. The van der Waals surface area contributed by atoms with E-state index < -0.39 is 23.5 Å². The zero-order chi connectivity index (χ0) is 32.0. The molecule has 0 fully saturated rings. The molecule has 0 saturated carbocycles. The van der Waals surface area contributed by atoms with E-state index in [1.54, 1.807) is 48.5 Å². The molecule has 9 heteroatoms. The van der Waals surface area contributed by atoms with E-state index in [-0.39, 0.29) is 33.6 Å². The normalized spacial score (nSPS) is 11.4. The van der Waals surface area contributed by atoms with Crippen LogP contribution in [0.5, 0.6) is 0 Å². The first kappa shape index (κ1) is 29.7. The number of aliphatic hydroxyl groups is 1. The molecular weight excluding hydrogens is 580 g/mol. The molecule has 6 rings (SSSR count). The van der Waals surface area contributed by atoms with Gasteiger partial charge in [0.05, 0.1) is 0 Å². The summed E-state index contributed by atoms with van der Waals surface area (Å²) < 4.78 is 0. The van der Waals surface area contributed by atoms with E-state index in [1.807, 2.05) is 0 Å². The maximum Gasteiger partial charge on any atom is 0.193 e. The molecule has 0 radical (unpaired) electrons. The first-order valence-electron chi connectivity index (χ1n) is 14.2. The number of pyridine rings is 4. The molecule has 0 saturated heterocycles. The van der Waals surface area contributed by atoms with Gasteiger partial charge in [0.25, 0.3) is 0 Å². The van der Waals surface area contributed by atoms with Crippen molar-refractivity contribution < 1.29 is 24.3 Å². The maximum absolute atomic E-state index is 14.2. The summed E-state index contributed by atoms with van der Waals surface area (Å²) in [5.74, 6) is -1.75. The standard InChI is InChI=1S/C37H24N4O5/c42-33(23-1-9-38-10-2-23)27-17-28(34(43)24-3-11-39-12-4-24)20-31(19-27)37(46)32-21-29(35(44)25-5-13-40-14-6-25)18-30(22-32)36(45)26-7-15-41-16-8-26/h1-22,33,42H. The second kappa shape index (κ2) is 13.1. The Balaban J connectivity index is 1.49. The number of aromatic nitrogens is 4. The topological polar surface area (TPSA) is 140 Å². The monoisotopic (exact) mass is 604 g/mol. The Morgan fingerprint density at radius 2 is 0.630 bits per heavy atom. The fourth-order valence-corrected chi connectivity index (χ4v) is 5.01. The number of carbonyl (C=O) groups is 4. The summed E-state index contributed by atoms with van der Waals surface area (Å²) in [6.45, 7) is 0. The first-order chi connectivity index (χ1) is 22.4. The van der Waals surface area contributed by atoms with Crippen LogP contribution in [0.15, 0.2) is 135 Å². The number of benzene rings is 2. The molecule has 222 valence electrons. The van der Waals surface area contributed by atoms with E-state index in [0.29, 0.717) is 27.8 Å². The van der Waals surface area contributed by atoms with Gasteiger partial charge in [0.15, 0.2) is 23.1 Å². The molecule has 0 bridgehead atoms. The molecule has 1 atom stereocenters. The zero-order valence-corrected chi connectivity index (χ0v) is 24.1. The summed E-state index contributed by atoms with van der Waals surface area (Å²) in [6.07, 6.45) is 10.8. The number of nitrogens with zero attached hydrogens (tertiary/aromatic N) is 4. The third-order valence-corrected chi connectivity index (χ3v) is 7.36. The van der Waals surface area contributed by atoms with Crippen molar-refractivity contribution in [2.45, 2.75) is 6.10 Å². The van der Waals surface area contributed by atoms with Gasteiger partial charge in [-0.2, -0.15) is 0 Å². The van der Waals surface area contributed by atoms with Crippen molar-refractivity contribution in [1.29, 1.82) is 0 Å². The maximum atomic E-state index is 14.2. The average molecular weight is 605 g/mol. The quantitative estimate of drug-likeness (QED) is 0.207. The zero-order valence-electron chi connectivity index (χ0n) is 24.1. The van der Waals surface area contributed by atoms with Gasteiger partial charge in [-0.05, 0) is 96.1 Å². The molecule has 0 aliphatic carbocycles. The van der Waals surface area contributed by atoms with Crippen molar-refractivity contribution in [2.24, 2.45) is 0 Å². The minimum Gasteiger partial charge on any atom is -0.384 e. The second-order valence-electron chi connectivity index (χ2n) is 10.3. The lowest BCUT2D eigenvalue weighted by molar-refractivity contribution is 0.102. The van der Waals surface area contributed by atoms with E-state index in [2.05, 4.69) is 19.9 Å². The molecule has 2 aromatic carbocycles. The number of hydrogen-bond acceptors (Lipinski definition) is 9. The van der Waals surface area contributed by atoms with Gasteiger partial charge in [-0.1, -0.05) is 0 Å². The molecule has 4 aromatic heterocycles. The molecule has 0 amide bonds. The van der Waals surface area contributed by atoms with E-state index in [1.165, 1.54) is 86.0 Å². The summed E-state index contributed by atoms with van der Waals surface area (Å²) in [7, 11) is 0. The number of hydrogen-bond donors (Lipinski definition) is 1. The third-order valence-electron chi connectivity index (χ3n) is 7.36. The van der Waals surface area contributed by atoms with Crippen LogP contribution in [0.1, 0.15) is 80.9 Å².